The van der Waals surface area contributed by atoms with Gasteiger partial charge >= 0.3 is 0 Å². The summed E-state index contributed by atoms with van der Waals surface area (Å²) >= 11 is 0. The molecule has 0 radical (unpaired) electrons. The molecule has 0 aliphatic rings. The highest BCUT2D eigenvalue weighted by Gasteiger charge is 1.91. The van der Waals surface area contributed by atoms with Crippen LogP contribution in [0.15, 0.2) is 0 Å². The van der Waals surface area contributed by atoms with Crippen LogP contribution in [0.25, 0.3) is 0 Å². The molecule has 0 aliphatic carbocycles. The van der Waals surface area contributed by atoms with Crippen molar-refractivity contribution in [2.24, 2.45) is 0 Å². The zero-order valence-corrected chi connectivity index (χ0v) is 8.94. The highest BCUT2D eigenvalue weighted by atomic mass is 16.1. The summed E-state index contributed by atoms with van der Waals surface area (Å²) in [5, 5.41) is 3.21. The molecular formula is C10H25NO. The summed E-state index contributed by atoms with van der Waals surface area (Å²) in [5.41, 5.74) is 0. The maximum absolute atomic E-state index is 10.5. The fourth-order valence-corrected chi connectivity index (χ4v) is 0.801. The summed E-state index contributed by atoms with van der Waals surface area (Å²) < 4.78 is 0. The molecule has 0 rings (SSSR count). The fourth-order valence-electron chi connectivity index (χ4n) is 0.801. The van der Waals surface area contributed by atoms with Crippen molar-refractivity contribution in [2.45, 2.75) is 47.0 Å². The monoisotopic (exact) mass is 175 g/mol. The van der Waals surface area contributed by atoms with E-state index in [0.717, 1.165) is 32.4 Å². The zero-order chi connectivity index (χ0) is 9.82. The Bertz CT molecular complexity index is 96.9. The van der Waals surface area contributed by atoms with Gasteiger partial charge in [-0.25, -0.2) is 0 Å². The van der Waals surface area contributed by atoms with E-state index in [1.165, 1.54) is 0 Å². The standard InChI is InChI=1S/C8H17NO.C2H6.H2/c1-3-9-7-5-4-6-8(2)10;1-2;/h9H,3-7H2,1-2H3;1-2H3;1H. The van der Waals surface area contributed by atoms with Gasteiger partial charge in [0.25, 0.3) is 0 Å². The number of hydrogen-bond donors (Lipinski definition) is 1. The van der Waals surface area contributed by atoms with Gasteiger partial charge in [-0.15, -0.1) is 0 Å². The van der Waals surface area contributed by atoms with Gasteiger partial charge in [-0.1, -0.05) is 20.8 Å². The predicted octanol–water partition coefficient (Wildman–Crippen LogP) is 2.63. The van der Waals surface area contributed by atoms with E-state index in [2.05, 4.69) is 12.2 Å². The lowest BCUT2D eigenvalue weighted by atomic mass is 10.2. The van der Waals surface area contributed by atoms with Crippen LogP contribution in [0.4, 0.5) is 0 Å². The van der Waals surface area contributed by atoms with E-state index in [0.29, 0.717) is 5.78 Å². The molecule has 0 aromatic rings. The number of nitrogens with one attached hydrogen (secondary N) is 1. The maximum Gasteiger partial charge on any atom is 0.129 e. The summed E-state index contributed by atoms with van der Waals surface area (Å²) in [6.07, 6.45) is 2.89. The number of ketones is 1. The Morgan fingerprint density at radius 3 is 2.33 bits per heavy atom. The molecule has 0 aromatic heterocycles. The minimum Gasteiger partial charge on any atom is -0.317 e. The number of rotatable bonds is 6. The molecule has 0 unspecified atom stereocenters. The molecule has 0 atom stereocenters. The Kier molecular flexibility index (Phi) is 15.6. The Hall–Kier alpha value is -0.370. The van der Waals surface area contributed by atoms with Crippen LogP contribution in [-0.2, 0) is 4.79 Å². The first-order valence-electron chi connectivity index (χ1n) is 4.97. The molecule has 0 heterocycles. The van der Waals surface area contributed by atoms with Crippen LogP contribution in [0, 0.1) is 0 Å². The van der Waals surface area contributed by atoms with E-state index in [1.54, 1.807) is 6.92 Å². The predicted molar refractivity (Wildman–Crippen MR) is 56.5 cm³/mol. The van der Waals surface area contributed by atoms with Crippen LogP contribution in [-0.4, -0.2) is 18.9 Å². The van der Waals surface area contributed by atoms with Crippen molar-refractivity contribution in [3.05, 3.63) is 0 Å². The molecule has 0 saturated carbocycles. The molecule has 0 aliphatic heterocycles. The lowest BCUT2D eigenvalue weighted by Gasteiger charge is -1.98. The molecule has 2 nitrogen and oxygen atoms in total. The smallest absolute Gasteiger partial charge is 0.129 e. The third kappa shape index (κ3) is 16.3. The maximum atomic E-state index is 10.5. The summed E-state index contributed by atoms with van der Waals surface area (Å²) in [6, 6.07) is 0. The van der Waals surface area contributed by atoms with E-state index in [9.17, 15) is 4.79 Å². The highest BCUT2D eigenvalue weighted by Crippen LogP contribution is 1.93. The van der Waals surface area contributed by atoms with Crippen molar-refractivity contribution in [3.8, 4) is 0 Å². The van der Waals surface area contributed by atoms with E-state index in [4.69, 9.17) is 0 Å². The molecule has 2 heteroatoms. The molecule has 12 heavy (non-hydrogen) atoms. The molecule has 0 bridgehead atoms. The molecule has 0 saturated heterocycles. The third-order valence-corrected chi connectivity index (χ3v) is 1.38. The van der Waals surface area contributed by atoms with Crippen LogP contribution in [0.5, 0.6) is 0 Å². The van der Waals surface area contributed by atoms with Crippen LogP contribution < -0.4 is 5.32 Å². The number of hydrogen-bond acceptors (Lipinski definition) is 2. The second-order valence-electron chi connectivity index (χ2n) is 2.51. The first kappa shape index (κ1) is 14.2. The minimum absolute atomic E-state index is 0. The second-order valence-corrected chi connectivity index (χ2v) is 2.51. The van der Waals surface area contributed by atoms with Gasteiger partial charge in [-0.2, -0.15) is 0 Å². The Balaban J connectivity index is -0.000000309. The van der Waals surface area contributed by atoms with Crippen molar-refractivity contribution < 1.29 is 6.22 Å². The van der Waals surface area contributed by atoms with Crippen LogP contribution in [0.2, 0.25) is 0 Å². The van der Waals surface area contributed by atoms with Crippen molar-refractivity contribution in [3.63, 3.8) is 0 Å². The average Bonchev–Trinajstić information content (AvgIpc) is 2.07. The van der Waals surface area contributed by atoms with Gasteiger partial charge in [0.05, 0.1) is 0 Å². The number of carbonyl (C=O) groups excluding carboxylic acids is 1. The number of carbonyl (C=O) groups is 1. The van der Waals surface area contributed by atoms with E-state index in [1.807, 2.05) is 13.8 Å². The molecular weight excluding hydrogens is 150 g/mol. The van der Waals surface area contributed by atoms with Crippen LogP contribution in [0.3, 0.4) is 0 Å². The zero-order valence-electron chi connectivity index (χ0n) is 8.94. The van der Waals surface area contributed by atoms with Gasteiger partial charge in [-0.3, -0.25) is 0 Å². The first-order chi connectivity index (χ1) is 5.77. The average molecular weight is 175 g/mol. The Morgan fingerprint density at radius 2 is 1.92 bits per heavy atom. The van der Waals surface area contributed by atoms with E-state index < -0.39 is 0 Å². The van der Waals surface area contributed by atoms with Gasteiger partial charge in [-0.05, 0) is 32.9 Å². The largest absolute Gasteiger partial charge is 0.317 e. The minimum atomic E-state index is 0. The normalized spacial score (nSPS) is 8.67. The number of Topliss-reactive ketones (excluding diaryl/α,β-unsaturated/α-hetero) is 1. The molecule has 0 amide bonds. The van der Waals surface area contributed by atoms with Crippen molar-refractivity contribution in [2.75, 3.05) is 13.1 Å². The SMILES string of the molecule is CC.CCNCCCCC(C)=O.[HH]. The lowest BCUT2D eigenvalue weighted by Crippen LogP contribution is -2.13. The fraction of sp³-hybridized carbons (Fsp3) is 0.900. The molecule has 1 N–H and O–H groups in total. The van der Waals surface area contributed by atoms with E-state index in [-0.39, 0.29) is 1.43 Å². The Labute approximate surface area is 78.2 Å². The lowest BCUT2D eigenvalue weighted by molar-refractivity contribution is -0.117. The van der Waals surface area contributed by atoms with Crippen molar-refractivity contribution >= 4 is 5.78 Å². The van der Waals surface area contributed by atoms with Gasteiger partial charge < -0.3 is 10.1 Å². The molecule has 0 aromatic carbocycles. The molecule has 76 valence electrons. The van der Waals surface area contributed by atoms with Gasteiger partial charge in [0.1, 0.15) is 5.78 Å². The van der Waals surface area contributed by atoms with Gasteiger partial charge in [0, 0.05) is 7.85 Å². The topological polar surface area (TPSA) is 29.1 Å². The quantitative estimate of drug-likeness (QED) is 0.629. The summed E-state index contributed by atoms with van der Waals surface area (Å²) in [6.45, 7) is 9.81. The first-order valence-corrected chi connectivity index (χ1v) is 4.97. The van der Waals surface area contributed by atoms with Gasteiger partial charge in [0.2, 0.25) is 0 Å². The third-order valence-electron chi connectivity index (χ3n) is 1.38. The number of unbranched alkanes of at least 4 members (excludes halogenated alkanes) is 1. The summed E-state index contributed by atoms with van der Waals surface area (Å²) in [5.74, 6) is 0.302. The van der Waals surface area contributed by atoms with Crippen molar-refractivity contribution in [1.29, 1.82) is 0 Å². The van der Waals surface area contributed by atoms with Crippen LogP contribution >= 0.6 is 0 Å². The summed E-state index contributed by atoms with van der Waals surface area (Å²) in [4.78, 5) is 10.5. The van der Waals surface area contributed by atoms with Gasteiger partial charge in [0.15, 0.2) is 0 Å². The summed E-state index contributed by atoms with van der Waals surface area (Å²) in [7, 11) is 0. The highest BCUT2D eigenvalue weighted by molar-refractivity contribution is 5.75. The van der Waals surface area contributed by atoms with Crippen molar-refractivity contribution in [1.82, 2.24) is 5.32 Å². The second kappa shape index (κ2) is 13.2. The van der Waals surface area contributed by atoms with E-state index >= 15 is 0 Å². The molecule has 0 fully saturated rings. The van der Waals surface area contributed by atoms with Crippen LogP contribution in [0.1, 0.15) is 48.4 Å². The molecule has 0 spiro atoms. The Morgan fingerprint density at radius 1 is 1.33 bits per heavy atom.